The van der Waals surface area contributed by atoms with Crippen LogP contribution in [-0.4, -0.2) is 35.5 Å². The molecule has 0 radical (unpaired) electrons. The molecule has 154 valence electrons. The van der Waals surface area contributed by atoms with E-state index in [2.05, 4.69) is 5.32 Å². The zero-order chi connectivity index (χ0) is 21.1. The number of hydrogen-bond donors (Lipinski definition) is 2. The van der Waals surface area contributed by atoms with E-state index in [0.717, 1.165) is 42.7 Å². The van der Waals surface area contributed by atoms with Gasteiger partial charge in [-0.3, -0.25) is 9.59 Å². The molecule has 1 aliphatic heterocycles. The summed E-state index contributed by atoms with van der Waals surface area (Å²) in [5.74, 6) is -1.25. The van der Waals surface area contributed by atoms with Crippen LogP contribution in [0.1, 0.15) is 41.1 Å². The van der Waals surface area contributed by atoms with Crippen LogP contribution in [0.4, 0.5) is 5.69 Å². The molecule has 0 bridgehead atoms. The summed E-state index contributed by atoms with van der Waals surface area (Å²) in [4.78, 5) is 38.0. The topological polar surface area (TPSA) is 86.7 Å². The minimum Gasteiger partial charge on any atom is -0.478 e. The highest BCUT2D eigenvalue weighted by molar-refractivity contribution is 6.07. The Hall–Kier alpha value is -3.41. The van der Waals surface area contributed by atoms with Crippen molar-refractivity contribution in [2.45, 2.75) is 31.2 Å². The van der Waals surface area contributed by atoms with Gasteiger partial charge in [-0.25, -0.2) is 4.79 Å². The van der Waals surface area contributed by atoms with Gasteiger partial charge >= 0.3 is 5.97 Å². The van der Waals surface area contributed by atoms with Crippen molar-refractivity contribution < 1.29 is 19.5 Å². The average Bonchev–Trinajstić information content (AvgIpc) is 3.24. The van der Waals surface area contributed by atoms with Crippen molar-refractivity contribution in [2.75, 3.05) is 11.4 Å². The van der Waals surface area contributed by atoms with E-state index in [1.807, 2.05) is 59.5 Å². The summed E-state index contributed by atoms with van der Waals surface area (Å²) in [6, 6.07) is 17.3. The molecule has 3 atom stereocenters. The second kappa shape index (κ2) is 8.53. The van der Waals surface area contributed by atoms with Gasteiger partial charge in [-0.05, 0) is 42.5 Å². The number of amides is 2. The fraction of sp³-hybridized carbons (Fsp3) is 0.292. The summed E-state index contributed by atoms with van der Waals surface area (Å²) in [5.41, 5.74) is 2.62. The third kappa shape index (κ3) is 3.85. The molecular weight excluding hydrogens is 380 g/mol. The number of anilines is 1. The number of carboxylic acid groups (broad SMARTS) is 1. The van der Waals surface area contributed by atoms with Gasteiger partial charge in [0, 0.05) is 41.9 Å². The number of hydrogen-bond acceptors (Lipinski definition) is 3. The molecule has 1 aliphatic carbocycles. The zero-order valence-electron chi connectivity index (χ0n) is 16.5. The lowest BCUT2D eigenvalue weighted by Gasteiger charge is -2.44. The fourth-order valence-corrected chi connectivity index (χ4v) is 4.85. The van der Waals surface area contributed by atoms with E-state index >= 15 is 0 Å². The van der Waals surface area contributed by atoms with E-state index in [4.69, 9.17) is 5.11 Å². The molecule has 6 heteroatoms. The van der Waals surface area contributed by atoms with Crippen LogP contribution in [0.5, 0.6) is 0 Å². The minimum absolute atomic E-state index is 0.00632. The Morgan fingerprint density at radius 3 is 2.50 bits per heavy atom. The molecule has 3 unspecified atom stereocenters. The van der Waals surface area contributed by atoms with Gasteiger partial charge in [0.1, 0.15) is 0 Å². The molecule has 2 aromatic rings. The van der Waals surface area contributed by atoms with E-state index in [-0.39, 0.29) is 23.8 Å². The maximum atomic E-state index is 13.4. The average molecular weight is 404 g/mol. The molecule has 1 saturated carbocycles. The van der Waals surface area contributed by atoms with Crippen LogP contribution in [0.3, 0.4) is 0 Å². The Bertz CT molecular complexity index is 986. The summed E-state index contributed by atoms with van der Waals surface area (Å²) in [7, 11) is 0. The zero-order valence-corrected chi connectivity index (χ0v) is 16.5. The number of rotatable bonds is 5. The number of carboxylic acids is 1. The number of nitrogens with one attached hydrogen (secondary N) is 1. The molecule has 2 aromatic carbocycles. The fourth-order valence-electron chi connectivity index (χ4n) is 4.85. The van der Waals surface area contributed by atoms with Gasteiger partial charge in [0.2, 0.25) is 5.91 Å². The first-order valence-corrected chi connectivity index (χ1v) is 10.2. The molecular formula is C24H24N2O4. The molecule has 0 spiro atoms. The highest BCUT2D eigenvalue weighted by atomic mass is 16.4. The lowest BCUT2D eigenvalue weighted by Crippen LogP contribution is -2.49. The van der Waals surface area contributed by atoms with E-state index in [0.29, 0.717) is 12.1 Å². The number of carbonyl (C=O) groups is 3. The van der Waals surface area contributed by atoms with Crippen molar-refractivity contribution in [2.24, 2.45) is 5.92 Å². The van der Waals surface area contributed by atoms with Crippen LogP contribution in [-0.2, 0) is 9.59 Å². The summed E-state index contributed by atoms with van der Waals surface area (Å²) in [6.45, 7) is 0.411. The largest absolute Gasteiger partial charge is 0.478 e. The summed E-state index contributed by atoms with van der Waals surface area (Å²) >= 11 is 0. The lowest BCUT2D eigenvalue weighted by molar-refractivity contribution is -0.131. The number of benzene rings is 2. The van der Waals surface area contributed by atoms with Crippen molar-refractivity contribution >= 4 is 23.5 Å². The van der Waals surface area contributed by atoms with Crippen molar-refractivity contribution in [1.82, 2.24) is 5.32 Å². The highest BCUT2D eigenvalue weighted by Gasteiger charge is 2.45. The van der Waals surface area contributed by atoms with E-state index < -0.39 is 11.9 Å². The lowest BCUT2D eigenvalue weighted by atomic mass is 9.77. The van der Waals surface area contributed by atoms with Crippen molar-refractivity contribution in [3.63, 3.8) is 0 Å². The Kier molecular flexibility index (Phi) is 5.65. The predicted molar refractivity (Wildman–Crippen MR) is 113 cm³/mol. The first-order chi connectivity index (χ1) is 14.6. The maximum Gasteiger partial charge on any atom is 0.328 e. The summed E-state index contributed by atoms with van der Waals surface area (Å²) < 4.78 is 0. The molecule has 1 fully saturated rings. The molecule has 6 nitrogen and oxygen atoms in total. The van der Waals surface area contributed by atoms with E-state index in [1.54, 1.807) is 0 Å². The Labute approximate surface area is 175 Å². The first kappa shape index (κ1) is 19.9. The van der Waals surface area contributed by atoms with Crippen LogP contribution >= 0.6 is 0 Å². The maximum absolute atomic E-state index is 13.4. The number of fused-ring (bicyclic) bond motifs is 2. The smallest absolute Gasteiger partial charge is 0.328 e. The molecule has 30 heavy (non-hydrogen) atoms. The number of aliphatic carboxylic acids is 1. The number of carbonyl (C=O) groups excluding carboxylic acids is 2. The molecule has 2 amide bonds. The number of nitrogens with zero attached hydrogens (tertiary/aromatic N) is 1. The summed E-state index contributed by atoms with van der Waals surface area (Å²) in [5, 5.41) is 11.5. The quantitative estimate of drug-likeness (QED) is 0.748. The van der Waals surface area contributed by atoms with Crippen molar-refractivity contribution in [3.05, 3.63) is 77.9 Å². The van der Waals surface area contributed by atoms with E-state index in [9.17, 15) is 14.4 Å². The molecule has 2 aliphatic rings. The Morgan fingerprint density at radius 1 is 1.00 bits per heavy atom. The van der Waals surface area contributed by atoms with Crippen LogP contribution in [0.2, 0.25) is 0 Å². The Morgan fingerprint density at radius 2 is 1.73 bits per heavy atom. The molecule has 0 aromatic heterocycles. The Balaban J connectivity index is 1.64. The molecule has 0 saturated heterocycles. The van der Waals surface area contributed by atoms with Crippen LogP contribution < -0.4 is 10.2 Å². The van der Waals surface area contributed by atoms with Gasteiger partial charge in [0.25, 0.3) is 5.91 Å². The standard InChI is InChI=1S/C24H24N2O4/c27-22(13-14-23(28)29)25-15-19-17-9-4-5-11-20(17)26(21-12-6-10-18(19)21)24(30)16-7-2-1-3-8-16/h1-5,7-9,11,13-14,18-19,21H,6,10,12,15H2,(H,25,27)(H,28,29). The van der Waals surface area contributed by atoms with Gasteiger partial charge in [0.05, 0.1) is 0 Å². The van der Waals surface area contributed by atoms with Crippen LogP contribution in [0, 0.1) is 5.92 Å². The van der Waals surface area contributed by atoms with E-state index in [1.165, 1.54) is 0 Å². The van der Waals surface area contributed by atoms with Crippen LogP contribution in [0.25, 0.3) is 0 Å². The molecule has 4 rings (SSSR count). The van der Waals surface area contributed by atoms with Gasteiger partial charge in [-0.2, -0.15) is 0 Å². The molecule has 1 heterocycles. The monoisotopic (exact) mass is 404 g/mol. The third-order valence-corrected chi connectivity index (χ3v) is 6.09. The van der Waals surface area contributed by atoms with Gasteiger partial charge in [0.15, 0.2) is 0 Å². The second-order valence-corrected chi connectivity index (χ2v) is 7.79. The summed E-state index contributed by atoms with van der Waals surface area (Å²) in [6.07, 6.45) is 4.83. The number of para-hydroxylation sites is 1. The van der Waals surface area contributed by atoms with Gasteiger partial charge in [-0.1, -0.05) is 42.8 Å². The minimum atomic E-state index is -1.15. The van der Waals surface area contributed by atoms with Gasteiger partial charge < -0.3 is 15.3 Å². The van der Waals surface area contributed by atoms with Crippen molar-refractivity contribution in [3.8, 4) is 0 Å². The first-order valence-electron chi connectivity index (χ1n) is 10.2. The van der Waals surface area contributed by atoms with Crippen molar-refractivity contribution in [1.29, 1.82) is 0 Å². The highest BCUT2D eigenvalue weighted by Crippen LogP contribution is 2.49. The SMILES string of the molecule is O=C(O)C=CC(=O)NCC1c2ccccc2N(C(=O)c2ccccc2)C2CCCC12. The van der Waals surface area contributed by atoms with Gasteiger partial charge in [-0.15, -0.1) is 0 Å². The normalized spacial score (nSPS) is 22.4. The second-order valence-electron chi connectivity index (χ2n) is 7.79. The van der Waals surface area contributed by atoms with Crippen LogP contribution in [0.15, 0.2) is 66.7 Å². The molecule has 2 N–H and O–H groups in total. The predicted octanol–water partition coefficient (Wildman–Crippen LogP) is 3.36. The third-order valence-electron chi connectivity index (χ3n) is 6.09.